The van der Waals surface area contributed by atoms with Crippen LogP contribution in [0.1, 0.15) is 23.3 Å². The van der Waals surface area contributed by atoms with Gasteiger partial charge in [-0.15, -0.1) is 0 Å². The van der Waals surface area contributed by atoms with Crippen LogP contribution in [0.5, 0.6) is 0 Å². The molecule has 0 aliphatic heterocycles. The maximum Gasteiger partial charge on any atom is 0.168 e. The summed E-state index contributed by atoms with van der Waals surface area (Å²) in [6, 6.07) is 18.0. The van der Waals surface area contributed by atoms with E-state index in [0.717, 1.165) is 0 Å². The first-order chi connectivity index (χ1) is 9.50. The molecule has 0 radical (unpaired) electrons. The molecule has 0 aliphatic carbocycles. The topological polar surface area (TPSA) is 51.2 Å². The van der Waals surface area contributed by atoms with Crippen LogP contribution in [0.25, 0.3) is 0 Å². The molecule has 20 heavy (non-hydrogen) atoms. The highest BCUT2D eigenvalue weighted by atomic mass is 32.2. The van der Waals surface area contributed by atoms with E-state index in [1.54, 1.807) is 48.5 Å². The first-order valence-corrected chi connectivity index (χ1v) is 8.03. The van der Waals surface area contributed by atoms with Crippen molar-refractivity contribution >= 4 is 15.6 Å². The van der Waals surface area contributed by atoms with Gasteiger partial charge in [0.05, 0.1) is 0 Å². The van der Waals surface area contributed by atoms with E-state index in [1.807, 2.05) is 12.1 Å². The number of benzene rings is 2. The van der Waals surface area contributed by atoms with Crippen LogP contribution in [0.3, 0.4) is 0 Å². The lowest BCUT2D eigenvalue weighted by Crippen LogP contribution is -2.22. The van der Waals surface area contributed by atoms with Gasteiger partial charge in [0.15, 0.2) is 9.84 Å². The fourth-order valence-corrected chi connectivity index (χ4v) is 4.11. The summed E-state index contributed by atoms with van der Waals surface area (Å²) in [4.78, 5) is 11.2. The Morgan fingerprint density at radius 1 is 0.900 bits per heavy atom. The van der Waals surface area contributed by atoms with Gasteiger partial charge >= 0.3 is 0 Å². The molecule has 104 valence electrons. The van der Waals surface area contributed by atoms with Gasteiger partial charge in [-0.05, 0) is 18.1 Å². The summed E-state index contributed by atoms with van der Waals surface area (Å²) in [5.74, 6) is -0.788. The third kappa shape index (κ3) is 3.33. The molecule has 4 heteroatoms. The molecular weight excluding hydrogens is 272 g/mol. The zero-order valence-electron chi connectivity index (χ0n) is 11.2. The van der Waals surface area contributed by atoms with Crippen molar-refractivity contribution in [2.24, 2.45) is 0 Å². The molecule has 0 fully saturated rings. The molecule has 0 aliphatic rings. The molecule has 0 bridgehead atoms. The largest absolute Gasteiger partial charge is 0.299 e. The Morgan fingerprint density at radius 2 is 1.30 bits per heavy atom. The molecular formula is C16H16O3S. The Kier molecular flexibility index (Phi) is 4.35. The lowest BCUT2D eigenvalue weighted by atomic mass is 10.0. The molecule has 2 rings (SSSR count). The maximum absolute atomic E-state index is 12.5. The van der Waals surface area contributed by atoms with E-state index in [-0.39, 0.29) is 5.78 Å². The average molecular weight is 288 g/mol. The zero-order chi connectivity index (χ0) is 14.6. The minimum atomic E-state index is -3.58. The summed E-state index contributed by atoms with van der Waals surface area (Å²) in [6.07, 6.45) is 0. The Balaban J connectivity index is 2.54. The number of rotatable bonds is 5. The lowest BCUT2D eigenvalue weighted by molar-refractivity contribution is -0.114. The van der Waals surface area contributed by atoms with Crippen LogP contribution in [0, 0.1) is 0 Å². The van der Waals surface area contributed by atoms with Gasteiger partial charge in [0.25, 0.3) is 0 Å². The van der Waals surface area contributed by atoms with Gasteiger partial charge < -0.3 is 0 Å². The molecule has 3 nitrogen and oxygen atoms in total. The molecule has 0 saturated heterocycles. The number of carbonyl (C=O) groups excluding carboxylic acids is 1. The molecule has 0 aromatic heterocycles. The van der Waals surface area contributed by atoms with Crippen molar-refractivity contribution in [2.75, 3.05) is 5.75 Å². The fourth-order valence-electron chi connectivity index (χ4n) is 2.23. The predicted molar refractivity (Wildman–Crippen MR) is 79.2 cm³/mol. The SMILES string of the molecule is CC(=O)CS(=O)(=O)C(c1ccccc1)c1ccccc1. The van der Waals surface area contributed by atoms with E-state index < -0.39 is 20.8 Å². The number of carbonyl (C=O) groups is 1. The van der Waals surface area contributed by atoms with Crippen molar-refractivity contribution in [3.63, 3.8) is 0 Å². The normalized spacial score (nSPS) is 11.5. The van der Waals surface area contributed by atoms with Gasteiger partial charge in [0.2, 0.25) is 0 Å². The summed E-state index contributed by atoms with van der Waals surface area (Å²) in [7, 11) is -3.58. The molecule has 0 spiro atoms. The highest BCUT2D eigenvalue weighted by molar-refractivity contribution is 7.92. The molecule has 0 atom stereocenters. The van der Waals surface area contributed by atoms with Crippen LogP contribution in [0.15, 0.2) is 60.7 Å². The smallest absolute Gasteiger partial charge is 0.168 e. The third-order valence-corrected chi connectivity index (χ3v) is 5.04. The Morgan fingerprint density at radius 3 is 1.65 bits per heavy atom. The van der Waals surface area contributed by atoms with Crippen molar-refractivity contribution in [3.8, 4) is 0 Å². The summed E-state index contributed by atoms with van der Waals surface area (Å²) in [5, 5.41) is -0.797. The van der Waals surface area contributed by atoms with Crippen molar-refractivity contribution in [1.82, 2.24) is 0 Å². The van der Waals surface area contributed by atoms with E-state index in [0.29, 0.717) is 11.1 Å². The lowest BCUT2D eigenvalue weighted by Gasteiger charge is -2.18. The summed E-state index contributed by atoms with van der Waals surface area (Å²) >= 11 is 0. The van der Waals surface area contributed by atoms with Crippen LogP contribution in [-0.4, -0.2) is 20.0 Å². The van der Waals surface area contributed by atoms with Crippen LogP contribution in [-0.2, 0) is 14.6 Å². The molecule has 0 amide bonds. The molecule has 0 unspecified atom stereocenters. The molecule has 2 aromatic rings. The highest BCUT2D eigenvalue weighted by Crippen LogP contribution is 2.30. The van der Waals surface area contributed by atoms with E-state index in [1.165, 1.54) is 6.92 Å². The van der Waals surface area contributed by atoms with Gasteiger partial charge in [-0.3, -0.25) is 4.79 Å². The Bertz CT molecular complexity index is 637. The van der Waals surface area contributed by atoms with E-state index in [2.05, 4.69) is 0 Å². The van der Waals surface area contributed by atoms with E-state index in [9.17, 15) is 13.2 Å². The second kappa shape index (κ2) is 6.01. The van der Waals surface area contributed by atoms with Crippen molar-refractivity contribution in [1.29, 1.82) is 0 Å². The molecule has 0 N–H and O–H groups in total. The Hall–Kier alpha value is -1.94. The monoisotopic (exact) mass is 288 g/mol. The van der Waals surface area contributed by atoms with Crippen LogP contribution >= 0.6 is 0 Å². The van der Waals surface area contributed by atoms with Gasteiger partial charge in [0.1, 0.15) is 16.8 Å². The first-order valence-electron chi connectivity index (χ1n) is 6.31. The average Bonchev–Trinajstić information content (AvgIpc) is 2.39. The number of hydrogen-bond donors (Lipinski definition) is 0. The first kappa shape index (κ1) is 14.5. The fraction of sp³-hybridized carbons (Fsp3) is 0.188. The van der Waals surface area contributed by atoms with Crippen molar-refractivity contribution < 1.29 is 13.2 Å². The second-order valence-electron chi connectivity index (χ2n) is 4.71. The number of Topliss-reactive ketones (excluding diaryl/α,β-unsaturated/α-hetero) is 1. The van der Waals surface area contributed by atoms with Crippen molar-refractivity contribution in [2.45, 2.75) is 12.2 Å². The van der Waals surface area contributed by atoms with E-state index >= 15 is 0 Å². The van der Waals surface area contributed by atoms with Gasteiger partial charge in [-0.2, -0.15) is 0 Å². The number of sulfone groups is 1. The van der Waals surface area contributed by atoms with Crippen molar-refractivity contribution in [3.05, 3.63) is 71.8 Å². The maximum atomic E-state index is 12.5. The minimum absolute atomic E-state index is 0.345. The molecule has 0 heterocycles. The van der Waals surface area contributed by atoms with Gasteiger partial charge in [-0.1, -0.05) is 60.7 Å². The van der Waals surface area contributed by atoms with Crippen LogP contribution in [0.4, 0.5) is 0 Å². The van der Waals surface area contributed by atoms with Crippen LogP contribution < -0.4 is 0 Å². The Labute approximate surface area is 119 Å². The van der Waals surface area contributed by atoms with Gasteiger partial charge in [-0.25, -0.2) is 8.42 Å². The standard InChI is InChI=1S/C16H16O3S/c1-13(17)12-20(18,19)16(14-8-4-2-5-9-14)15-10-6-3-7-11-15/h2-11,16H,12H2,1H3. The quantitative estimate of drug-likeness (QED) is 0.850. The summed E-state index contributed by atoms with van der Waals surface area (Å²) in [6.45, 7) is 1.30. The van der Waals surface area contributed by atoms with Gasteiger partial charge in [0, 0.05) is 0 Å². The third-order valence-electron chi connectivity index (χ3n) is 2.97. The van der Waals surface area contributed by atoms with E-state index in [4.69, 9.17) is 0 Å². The second-order valence-corrected chi connectivity index (χ2v) is 6.80. The number of ketones is 1. The summed E-state index contributed by atoms with van der Waals surface area (Å²) < 4.78 is 25.0. The highest BCUT2D eigenvalue weighted by Gasteiger charge is 2.29. The van der Waals surface area contributed by atoms with Crippen LogP contribution in [0.2, 0.25) is 0 Å². The molecule has 0 saturated carbocycles. The minimum Gasteiger partial charge on any atom is -0.299 e. The predicted octanol–water partition coefficient (Wildman–Crippen LogP) is 2.78. The zero-order valence-corrected chi connectivity index (χ0v) is 12.0. The molecule has 2 aromatic carbocycles. The number of hydrogen-bond acceptors (Lipinski definition) is 3. The summed E-state index contributed by atoms with van der Waals surface area (Å²) in [5.41, 5.74) is 1.36.